The molecule has 3 heteroatoms. The maximum absolute atomic E-state index is 3.70. The SMILES string of the molecule is C=NN(CC)C(=C)NC. The molecule has 0 saturated heterocycles. The summed E-state index contributed by atoms with van der Waals surface area (Å²) in [7, 11) is 1.80. The lowest BCUT2D eigenvalue weighted by molar-refractivity contribution is 0.367. The summed E-state index contributed by atoms with van der Waals surface area (Å²) < 4.78 is 0. The molecule has 0 saturated carbocycles. The molecule has 9 heavy (non-hydrogen) atoms. The lowest BCUT2D eigenvalue weighted by Gasteiger charge is -2.17. The molecule has 0 aliphatic heterocycles. The van der Waals surface area contributed by atoms with E-state index < -0.39 is 0 Å². The molecule has 0 radical (unpaired) electrons. The van der Waals surface area contributed by atoms with Gasteiger partial charge in [0.2, 0.25) is 0 Å². The van der Waals surface area contributed by atoms with Crippen molar-refractivity contribution >= 4 is 6.72 Å². The minimum absolute atomic E-state index is 0.771. The monoisotopic (exact) mass is 127 g/mol. The Bertz CT molecular complexity index is 109. The highest BCUT2D eigenvalue weighted by Gasteiger charge is 1.96. The largest absolute Gasteiger partial charge is 0.374 e. The summed E-state index contributed by atoms with van der Waals surface area (Å²) in [4.78, 5) is 0. The first-order valence-electron chi connectivity index (χ1n) is 2.87. The van der Waals surface area contributed by atoms with Crippen LogP contribution in [-0.4, -0.2) is 25.3 Å². The summed E-state index contributed by atoms with van der Waals surface area (Å²) in [5.41, 5.74) is 0. The van der Waals surface area contributed by atoms with Crippen molar-refractivity contribution in [2.75, 3.05) is 13.6 Å². The molecule has 3 nitrogen and oxygen atoms in total. The summed E-state index contributed by atoms with van der Waals surface area (Å²) in [6, 6.07) is 0. The number of hydrogen-bond acceptors (Lipinski definition) is 3. The molecule has 0 unspecified atom stereocenters. The van der Waals surface area contributed by atoms with Gasteiger partial charge < -0.3 is 5.32 Å². The van der Waals surface area contributed by atoms with E-state index in [4.69, 9.17) is 0 Å². The molecule has 0 atom stereocenters. The fourth-order valence-electron chi connectivity index (χ4n) is 0.505. The van der Waals surface area contributed by atoms with Crippen LogP contribution in [0.15, 0.2) is 17.5 Å². The molecule has 52 valence electrons. The van der Waals surface area contributed by atoms with Crippen LogP contribution in [0.5, 0.6) is 0 Å². The van der Waals surface area contributed by atoms with E-state index >= 15 is 0 Å². The van der Waals surface area contributed by atoms with E-state index in [1.165, 1.54) is 0 Å². The van der Waals surface area contributed by atoms with Crippen molar-refractivity contribution in [3.63, 3.8) is 0 Å². The van der Waals surface area contributed by atoms with E-state index in [0.717, 1.165) is 12.4 Å². The van der Waals surface area contributed by atoms with E-state index in [0.29, 0.717) is 0 Å². The van der Waals surface area contributed by atoms with E-state index in [1.807, 2.05) is 6.92 Å². The first-order chi connectivity index (χ1) is 4.26. The van der Waals surface area contributed by atoms with E-state index in [2.05, 4.69) is 23.7 Å². The van der Waals surface area contributed by atoms with Gasteiger partial charge in [-0.25, -0.2) is 0 Å². The number of hydrogen-bond donors (Lipinski definition) is 1. The highest BCUT2D eigenvalue weighted by atomic mass is 15.5. The average molecular weight is 127 g/mol. The smallest absolute Gasteiger partial charge is 0.115 e. The molecule has 1 N–H and O–H groups in total. The lowest BCUT2D eigenvalue weighted by atomic mass is 10.6. The number of rotatable bonds is 4. The van der Waals surface area contributed by atoms with Crippen molar-refractivity contribution in [1.29, 1.82) is 0 Å². The fraction of sp³-hybridized carbons (Fsp3) is 0.500. The molecule has 0 aromatic rings. The van der Waals surface area contributed by atoms with Crippen molar-refractivity contribution < 1.29 is 0 Å². The summed E-state index contributed by atoms with van der Waals surface area (Å²) in [5, 5.41) is 8.24. The third-order valence-electron chi connectivity index (χ3n) is 1.07. The molecule has 0 bridgehead atoms. The van der Waals surface area contributed by atoms with E-state index in [1.54, 1.807) is 12.1 Å². The maximum atomic E-state index is 3.70. The minimum Gasteiger partial charge on any atom is -0.374 e. The predicted molar refractivity (Wildman–Crippen MR) is 40.1 cm³/mol. The van der Waals surface area contributed by atoms with Gasteiger partial charge in [0, 0.05) is 20.3 Å². The fourth-order valence-corrected chi connectivity index (χ4v) is 0.505. The zero-order chi connectivity index (χ0) is 7.28. The number of nitrogens with one attached hydrogen (secondary N) is 1. The Morgan fingerprint density at radius 1 is 1.78 bits per heavy atom. The molecule has 0 aromatic carbocycles. The van der Waals surface area contributed by atoms with Crippen LogP contribution in [0.1, 0.15) is 6.92 Å². The first kappa shape index (κ1) is 8.01. The molecule has 0 amide bonds. The second-order valence-corrected chi connectivity index (χ2v) is 1.55. The Kier molecular flexibility index (Phi) is 3.51. The van der Waals surface area contributed by atoms with Gasteiger partial charge in [0.05, 0.1) is 0 Å². The second kappa shape index (κ2) is 3.95. The Hall–Kier alpha value is -0.990. The zero-order valence-corrected chi connectivity index (χ0v) is 6.02. The molecule has 0 spiro atoms. The molecule has 0 fully saturated rings. The van der Waals surface area contributed by atoms with Gasteiger partial charge in [-0.15, -0.1) is 0 Å². The molecule has 0 rings (SSSR count). The van der Waals surface area contributed by atoms with Gasteiger partial charge >= 0.3 is 0 Å². The molecule has 0 aromatic heterocycles. The van der Waals surface area contributed by atoms with Crippen LogP contribution in [0.25, 0.3) is 0 Å². The first-order valence-corrected chi connectivity index (χ1v) is 2.87. The number of nitrogens with zero attached hydrogens (tertiary/aromatic N) is 2. The normalized spacial score (nSPS) is 8.22. The van der Waals surface area contributed by atoms with Crippen LogP contribution in [0.4, 0.5) is 0 Å². The third kappa shape index (κ3) is 2.17. The standard InChI is InChI=1S/C6H13N3/c1-5-9(8-4)6(2)7-3/h7H,2,4-5H2,1,3H3. The van der Waals surface area contributed by atoms with Gasteiger partial charge in [0.25, 0.3) is 0 Å². The van der Waals surface area contributed by atoms with Gasteiger partial charge in [0.15, 0.2) is 0 Å². The van der Waals surface area contributed by atoms with Crippen molar-refractivity contribution in [3.8, 4) is 0 Å². The summed E-state index contributed by atoms with van der Waals surface area (Å²) in [6.07, 6.45) is 0. The van der Waals surface area contributed by atoms with Gasteiger partial charge in [-0.3, -0.25) is 5.01 Å². The van der Waals surface area contributed by atoms with Crippen LogP contribution >= 0.6 is 0 Å². The zero-order valence-electron chi connectivity index (χ0n) is 6.02. The van der Waals surface area contributed by atoms with Gasteiger partial charge in [0.1, 0.15) is 5.82 Å². The minimum atomic E-state index is 0.771. The predicted octanol–water partition coefficient (Wildman–Crippen LogP) is 0.615. The van der Waals surface area contributed by atoms with Crippen LogP contribution in [0.3, 0.4) is 0 Å². The summed E-state index contributed by atoms with van der Waals surface area (Å²) in [5.74, 6) is 0.771. The second-order valence-electron chi connectivity index (χ2n) is 1.55. The molecule has 0 heterocycles. The van der Waals surface area contributed by atoms with Crippen molar-refractivity contribution in [2.24, 2.45) is 5.10 Å². The quantitative estimate of drug-likeness (QED) is 0.442. The summed E-state index contributed by atoms with van der Waals surface area (Å²) >= 11 is 0. The van der Waals surface area contributed by atoms with Gasteiger partial charge in [-0.1, -0.05) is 6.58 Å². The van der Waals surface area contributed by atoms with E-state index in [9.17, 15) is 0 Å². The average Bonchev–Trinajstić information content (AvgIpc) is 1.90. The van der Waals surface area contributed by atoms with Crippen molar-refractivity contribution in [2.45, 2.75) is 6.92 Å². The van der Waals surface area contributed by atoms with Crippen molar-refractivity contribution in [1.82, 2.24) is 10.3 Å². The van der Waals surface area contributed by atoms with Crippen LogP contribution in [-0.2, 0) is 0 Å². The highest BCUT2D eigenvalue weighted by molar-refractivity contribution is 5.23. The van der Waals surface area contributed by atoms with Crippen LogP contribution in [0, 0.1) is 0 Å². The molecule has 0 aliphatic rings. The van der Waals surface area contributed by atoms with E-state index in [-0.39, 0.29) is 0 Å². The Morgan fingerprint density at radius 3 is 2.44 bits per heavy atom. The summed E-state index contributed by atoms with van der Waals surface area (Å²) in [6.45, 7) is 9.85. The lowest BCUT2D eigenvalue weighted by Crippen LogP contribution is -2.23. The highest BCUT2D eigenvalue weighted by Crippen LogP contribution is 1.94. The van der Waals surface area contributed by atoms with Crippen LogP contribution in [0.2, 0.25) is 0 Å². The molecular formula is C6H13N3. The maximum Gasteiger partial charge on any atom is 0.115 e. The van der Waals surface area contributed by atoms with Gasteiger partial charge in [-0.05, 0) is 6.92 Å². The molecular weight excluding hydrogens is 114 g/mol. The molecule has 0 aliphatic carbocycles. The third-order valence-corrected chi connectivity index (χ3v) is 1.07. The Balaban J connectivity index is 3.78. The number of hydrazone groups is 1. The Labute approximate surface area is 56.0 Å². The topological polar surface area (TPSA) is 27.6 Å². The van der Waals surface area contributed by atoms with Crippen molar-refractivity contribution in [3.05, 3.63) is 12.4 Å². The Morgan fingerprint density at radius 2 is 2.33 bits per heavy atom. The van der Waals surface area contributed by atoms with Crippen LogP contribution < -0.4 is 5.32 Å². The van der Waals surface area contributed by atoms with Gasteiger partial charge in [-0.2, -0.15) is 5.10 Å².